The molecule has 0 aliphatic heterocycles. The second kappa shape index (κ2) is 6.94. The number of ether oxygens (including phenoxy) is 1. The molecule has 5 heteroatoms. The summed E-state index contributed by atoms with van der Waals surface area (Å²) in [5, 5.41) is 6.36. The lowest BCUT2D eigenvalue weighted by Crippen LogP contribution is -2.63. The molecule has 0 aromatic heterocycles. The zero-order valence-electron chi connectivity index (χ0n) is 11.0. The first-order valence-corrected chi connectivity index (χ1v) is 6.19. The molecular formula is C15H17N4O+. The van der Waals surface area contributed by atoms with Gasteiger partial charge in [-0.1, -0.05) is 42.5 Å². The van der Waals surface area contributed by atoms with Gasteiger partial charge in [0.25, 0.3) is 5.96 Å². The molecule has 0 unspecified atom stereocenters. The van der Waals surface area contributed by atoms with Crippen LogP contribution in [-0.2, 0) is 6.61 Å². The largest absolute Gasteiger partial charge is 0.488 e. The summed E-state index contributed by atoms with van der Waals surface area (Å²) in [5.41, 5.74) is 12.5. The smallest absolute Gasteiger partial charge is 0.256 e. The molecule has 2 rings (SSSR count). The zero-order valence-corrected chi connectivity index (χ0v) is 11.0. The Hall–Kier alpha value is -2.82. The number of nitrogens with zero attached hydrogens (tertiary/aromatic N) is 1. The molecule has 0 saturated carbocycles. The molecule has 20 heavy (non-hydrogen) atoms. The predicted octanol–water partition coefficient (Wildman–Crippen LogP) is -0.0465. The van der Waals surface area contributed by atoms with Gasteiger partial charge in [0.2, 0.25) is 6.21 Å². The molecule has 5 nitrogen and oxygen atoms in total. The van der Waals surface area contributed by atoms with E-state index < -0.39 is 0 Å². The molecule has 0 fully saturated rings. The van der Waals surface area contributed by atoms with E-state index in [9.17, 15) is 0 Å². The molecule has 0 amide bonds. The predicted molar refractivity (Wildman–Crippen MR) is 79.2 cm³/mol. The van der Waals surface area contributed by atoms with E-state index in [1.807, 2.05) is 54.6 Å². The summed E-state index contributed by atoms with van der Waals surface area (Å²) < 4.78 is 5.80. The van der Waals surface area contributed by atoms with Crippen LogP contribution in [-0.4, -0.2) is 12.2 Å². The maximum absolute atomic E-state index is 5.80. The van der Waals surface area contributed by atoms with Crippen LogP contribution in [0.25, 0.3) is 0 Å². The summed E-state index contributed by atoms with van der Waals surface area (Å²) in [6, 6.07) is 17.6. The number of hydrazone groups is 1. The number of rotatable bonds is 5. The maximum Gasteiger partial charge on any atom is 0.256 e. The number of para-hydroxylation sites is 1. The molecule has 2 aromatic rings. The molecule has 0 aliphatic carbocycles. The van der Waals surface area contributed by atoms with Gasteiger partial charge in [-0.25, -0.2) is 0 Å². The summed E-state index contributed by atoms with van der Waals surface area (Å²) in [7, 11) is 0. The van der Waals surface area contributed by atoms with E-state index in [-0.39, 0.29) is 5.96 Å². The Balaban J connectivity index is 2.08. The molecule has 5 N–H and O–H groups in total. The number of benzene rings is 2. The zero-order chi connectivity index (χ0) is 14.2. The topological polar surface area (TPSA) is 87.6 Å². The standard InChI is InChI=1S/C15H16N4O/c16-15(17)19-18-10-13-8-4-5-9-14(13)20-11-12-6-2-1-3-7-12/h1-10H,11H2,(H4,16,17,19)/p+1/b18-10+. The van der Waals surface area contributed by atoms with E-state index in [1.165, 1.54) is 0 Å². The number of hydrogen-bond donors (Lipinski definition) is 3. The van der Waals surface area contributed by atoms with Crippen molar-refractivity contribution in [1.82, 2.24) is 0 Å². The number of guanidine groups is 1. The number of nitrogens with two attached hydrogens (primary N) is 2. The third kappa shape index (κ3) is 4.13. The van der Waals surface area contributed by atoms with Gasteiger partial charge in [-0.15, -0.1) is 5.10 Å². The Kier molecular flexibility index (Phi) is 4.72. The van der Waals surface area contributed by atoms with Crippen molar-refractivity contribution in [2.75, 3.05) is 0 Å². The fourth-order valence-corrected chi connectivity index (χ4v) is 1.64. The first-order valence-electron chi connectivity index (χ1n) is 6.19. The van der Waals surface area contributed by atoms with E-state index >= 15 is 0 Å². The lowest BCUT2D eigenvalue weighted by atomic mass is 10.2. The van der Waals surface area contributed by atoms with E-state index in [1.54, 1.807) is 6.21 Å². The minimum Gasteiger partial charge on any atom is -0.488 e. The van der Waals surface area contributed by atoms with Crippen molar-refractivity contribution in [2.45, 2.75) is 6.61 Å². The average molecular weight is 269 g/mol. The first-order chi connectivity index (χ1) is 9.75. The lowest BCUT2D eigenvalue weighted by Gasteiger charge is -2.07. The summed E-state index contributed by atoms with van der Waals surface area (Å²) in [6.07, 6.45) is 1.68. The molecule has 102 valence electrons. The highest BCUT2D eigenvalue weighted by Gasteiger charge is 2.03. The van der Waals surface area contributed by atoms with Crippen LogP contribution in [0.5, 0.6) is 5.75 Å². The summed E-state index contributed by atoms with van der Waals surface area (Å²) in [4.78, 5) is 0. The molecule has 0 saturated heterocycles. The van der Waals surface area contributed by atoms with Crippen LogP contribution < -0.4 is 21.3 Å². The fourth-order valence-electron chi connectivity index (χ4n) is 1.64. The maximum atomic E-state index is 5.80. The van der Waals surface area contributed by atoms with Crippen LogP contribution in [0, 0.1) is 0 Å². The van der Waals surface area contributed by atoms with Crippen molar-refractivity contribution in [3.8, 4) is 5.75 Å². The van der Waals surface area contributed by atoms with E-state index in [2.05, 4.69) is 10.2 Å². The Labute approximate surface area is 117 Å². The van der Waals surface area contributed by atoms with Crippen molar-refractivity contribution >= 4 is 12.2 Å². The normalized spacial score (nSPS) is 10.4. The van der Waals surface area contributed by atoms with Crippen LogP contribution in [0.15, 0.2) is 59.7 Å². The van der Waals surface area contributed by atoms with E-state index in [0.29, 0.717) is 6.61 Å². The summed E-state index contributed by atoms with van der Waals surface area (Å²) in [6.45, 7) is 0.508. The Bertz CT molecular complexity index is 604. The Morgan fingerprint density at radius 2 is 1.75 bits per heavy atom. The van der Waals surface area contributed by atoms with Gasteiger partial charge in [0.1, 0.15) is 12.4 Å². The highest BCUT2D eigenvalue weighted by atomic mass is 16.5. The van der Waals surface area contributed by atoms with Crippen molar-refractivity contribution in [2.24, 2.45) is 16.6 Å². The molecule has 0 bridgehead atoms. The molecule has 0 heterocycles. The van der Waals surface area contributed by atoms with Gasteiger partial charge in [-0.3, -0.25) is 0 Å². The number of hydrogen-bond acceptors (Lipinski definition) is 2. The second-order valence-corrected chi connectivity index (χ2v) is 4.12. The highest BCUT2D eigenvalue weighted by Crippen LogP contribution is 2.16. The Morgan fingerprint density at radius 1 is 1.05 bits per heavy atom. The van der Waals surface area contributed by atoms with Gasteiger partial charge in [0.05, 0.1) is 5.56 Å². The van der Waals surface area contributed by atoms with Crippen LogP contribution in [0.3, 0.4) is 0 Å². The molecule has 0 radical (unpaired) electrons. The lowest BCUT2D eigenvalue weighted by molar-refractivity contribution is -0.456. The quantitative estimate of drug-likeness (QED) is 0.404. The van der Waals surface area contributed by atoms with Crippen molar-refractivity contribution in [3.63, 3.8) is 0 Å². The summed E-state index contributed by atoms with van der Waals surface area (Å²) >= 11 is 0. The second-order valence-electron chi connectivity index (χ2n) is 4.12. The van der Waals surface area contributed by atoms with Crippen LogP contribution >= 0.6 is 0 Å². The third-order valence-corrected chi connectivity index (χ3v) is 2.57. The molecule has 0 atom stereocenters. The SMILES string of the molecule is NC(N)=N/[NH+]=C/c1ccccc1OCc1ccccc1. The van der Waals surface area contributed by atoms with E-state index in [4.69, 9.17) is 16.2 Å². The van der Waals surface area contributed by atoms with E-state index in [0.717, 1.165) is 16.9 Å². The molecular weight excluding hydrogens is 252 g/mol. The van der Waals surface area contributed by atoms with Gasteiger partial charge in [0, 0.05) is 5.10 Å². The van der Waals surface area contributed by atoms with Gasteiger partial charge in [-0.2, -0.15) is 0 Å². The van der Waals surface area contributed by atoms with Gasteiger partial charge >= 0.3 is 0 Å². The first kappa shape index (κ1) is 13.6. The van der Waals surface area contributed by atoms with Gasteiger partial charge < -0.3 is 16.2 Å². The number of nitrogens with one attached hydrogen (secondary N) is 1. The van der Waals surface area contributed by atoms with Crippen molar-refractivity contribution in [1.29, 1.82) is 0 Å². The highest BCUT2D eigenvalue weighted by molar-refractivity contribution is 5.80. The minimum absolute atomic E-state index is 0.0241. The average Bonchev–Trinajstić information content (AvgIpc) is 2.47. The monoisotopic (exact) mass is 269 g/mol. The van der Waals surface area contributed by atoms with Crippen molar-refractivity contribution in [3.05, 3.63) is 65.7 Å². The fraction of sp³-hybridized carbons (Fsp3) is 0.0667. The molecule has 0 aliphatic rings. The molecule has 2 aromatic carbocycles. The summed E-state index contributed by atoms with van der Waals surface area (Å²) in [5.74, 6) is 0.735. The minimum atomic E-state index is -0.0241. The van der Waals surface area contributed by atoms with Crippen molar-refractivity contribution < 1.29 is 9.84 Å². The third-order valence-electron chi connectivity index (χ3n) is 2.57. The van der Waals surface area contributed by atoms with Crippen LogP contribution in [0.1, 0.15) is 11.1 Å². The van der Waals surface area contributed by atoms with Crippen LogP contribution in [0.4, 0.5) is 0 Å². The van der Waals surface area contributed by atoms with Gasteiger partial charge in [0.15, 0.2) is 0 Å². The molecule has 0 spiro atoms. The Morgan fingerprint density at radius 3 is 2.50 bits per heavy atom. The van der Waals surface area contributed by atoms with Gasteiger partial charge in [-0.05, 0) is 17.7 Å². The van der Waals surface area contributed by atoms with Crippen LogP contribution in [0.2, 0.25) is 0 Å².